The van der Waals surface area contributed by atoms with E-state index in [9.17, 15) is 0 Å². The van der Waals surface area contributed by atoms with Gasteiger partial charge < -0.3 is 14.5 Å². The molecule has 12 rings (SSSR count). The van der Waals surface area contributed by atoms with Crippen LogP contribution in [0.3, 0.4) is 0 Å². The first-order valence-corrected chi connectivity index (χ1v) is 24.1. The minimum Gasteiger partial charge on any atom is -0.367 e. The van der Waals surface area contributed by atoms with Gasteiger partial charge in [0.05, 0.1) is 11.5 Å². The van der Waals surface area contributed by atoms with E-state index in [1.807, 2.05) is 73.2 Å². The molecule has 0 atom stereocenters. The van der Waals surface area contributed by atoms with Gasteiger partial charge in [0.1, 0.15) is 0 Å². The third-order valence-electron chi connectivity index (χ3n) is 13.4. The maximum Gasteiger partial charge on any atom is 3.00 e. The van der Waals surface area contributed by atoms with Gasteiger partial charge in [-0.2, -0.15) is 0 Å². The summed E-state index contributed by atoms with van der Waals surface area (Å²) < 4.78 is 2.16. The van der Waals surface area contributed by atoms with Gasteiger partial charge in [-0.15, -0.1) is 107 Å². The maximum absolute atomic E-state index is 5.08. The van der Waals surface area contributed by atoms with Gasteiger partial charge in [0.25, 0.3) is 0 Å². The van der Waals surface area contributed by atoms with Crippen LogP contribution >= 0.6 is 0 Å². The molecule has 0 aliphatic heterocycles. The molecule has 3 aromatic heterocycles. The first-order chi connectivity index (χ1) is 35.6. The molecule has 0 spiro atoms. The van der Waals surface area contributed by atoms with Gasteiger partial charge in [0.15, 0.2) is 0 Å². The van der Waals surface area contributed by atoms with Crippen molar-refractivity contribution in [2.75, 3.05) is 0 Å². The van der Waals surface area contributed by atoms with E-state index in [1.54, 1.807) is 0 Å². The molecule has 12 aromatic rings. The fourth-order valence-corrected chi connectivity index (χ4v) is 9.73. The Bertz CT molecular complexity index is 3830. The molecule has 0 N–H and O–H groups in total. The summed E-state index contributed by atoms with van der Waals surface area (Å²) in [6, 6.07) is 93.0. The van der Waals surface area contributed by atoms with Gasteiger partial charge in [-0.05, 0) is 102 Å². The molecular weight excluding hydrogens is 1060 g/mol. The van der Waals surface area contributed by atoms with E-state index < -0.39 is 0 Å². The summed E-state index contributed by atoms with van der Waals surface area (Å²) in [6.45, 7) is 0. The van der Waals surface area contributed by atoms with E-state index in [0.29, 0.717) is 0 Å². The molecule has 5 heteroatoms. The number of nitrogens with zero attached hydrogens (tertiary/aromatic N) is 4. The first kappa shape index (κ1) is 46.5. The molecule has 0 saturated carbocycles. The SMILES string of the molecule is Cn1c(-c2ccccc2-c2cc(-c3ccccc3-c3ccc(-c4[c-]cccc4)nc3)cc(-c3ccccc3-c3ccc(-c4[c-]ccc(-c5ccc(-c6ccccc6)cc5)c4)nc3)c2)cnc1-c1[c-]cccc1.[Ir+3]. The largest absolute Gasteiger partial charge is 3.00 e. The van der Waals surface area contributed by atoms with Crippen molar-refractivity contribution in [2.24, 2.45) is 7.05 Å². The van der Waals surface area contributed by atoms with Crippen molar-refractivity contribution in [3.05, 3.63) is 273 Å². The van der Waals surface area contributed by atoms with Gasteiger partial charge in [0, 0.05) is 31.2 Å². The summed E-state index contributed by atoms with van der Waals surface area (Å²) in [6.07, 6.45) is 5.94. The van der Waals surface area contributed by atoms with Crippen molar-refractivity contribution in [1.82, 2.24) is 19.5 Å². The molecule has 0 saturated heterocycles. The van der Waals surface area contributed by atoms with E-state index in [4.69, 9.17) is 15.0 Å². The van der Waals surface area contributed by atoms with Gasteiger partial charge in [-0.3, -0.25) is 4.98 Å². The van der Waals surface area contributed by atoms with Gasteiger partial charge >= 0.3 is 20.1 Å². The normalized spacial score (nSPS) is 11.0. The molecule has 4 nitrogen and oxygen atoms in total. The van der Waals surface area contributed by atoms with Crippen LogP contribution in [0, 0.1) is 18.2 Å². The number of hydrogen-bond donors (Lipinski definition) is 0. The molecule has 0 unspecified atom stereocenters. The molecule has 0 bridgehead atoms. The molecular formula is C68H45IrN4. The molecule has 0 amide bonds. The molecule has 9 aromatic carbocycles. The summed E-state index contributed by atoms with van der Waals surface area (Å²) in [7, 11) is 2.08. The zero-order valence-corrected chi connectivity index (χ0v) is 42.3. The number of aromatic nitrogens is 4. The fourth-order valence-electron chi connectivity index (χ4n) is 9.73. The zero-order valence-electron chi connectivity index (χ0n) is 39.9. The van der Waals surface area contributed by atoms with Crippen LogP contribution in [-0.4, -0.2) is 19.5 Å². The van der Waals surface area contributed by atoms with Crippen molar-refractivity contribution in [1.29, 1.82) is 0 Å². The van der Waals surface area contributed by atoms with E-state index in [0.717, 1.165) is 112 Å². The van der Waals surface area contributed by atoms with Crippen LogP contribution in [0.1, 0.15) is 0 Å². The van der Waals surface area contributed by atoms with Crippen LogP contribution in [0.25, 0.3) is 123 Å². The second kappa shape index (κ2) is 20.8. The molecule has 3 heterocycles. The van der Waals surface area contributed by atoms with Crippen LogP contribution in [0.5, 0.6) is 0 Å². The van der Waals surface area contributed by atoms with Gasteiger partial charge in [-0.1, -0.05) is 152 Å². The number of benzene rings is 9. The summed E-state index contributed by atoms with van der Waals surface area (Å²) in [5.41, 5.74) is 22.2. The summed E-state index contributed by atoms with van der Waals surface area (Å²) >= 11 is 0. The predicted molar refractivity (Wildman–Crippen MR) is 295 cm³/mol. The number of pyridine rings is 2. The summed E-state index contributed by atoms with van der Waals surface area (Å²) in [4.78, 5) is 14.9. The van der Waals surface area contributed by atoms with Crippen LogP contribution in [-0.2, 0) is 27.2 Å². The van der Waals surface area contributed by atoms with Gasteiger partial charge in [-0.25, -0.2) is 0 Å². The molecule has 73 heavy (non-hydrogen) atoms. The Kier molecular flexibility index (Phi) is 13.3. The summed E-state index contributed by atoms with van der Waals surface area (Å²) in [5, 5.41) is 0. The topological polar surface area (TPSA) is 43.6 Å². The number of imidazole rings is 1. The Morgan fingerprint density at radius 1 is 0.301 bits per heavy atom. The fraction of sp³-hybridized carbons (Fsp3) is 0.0147. The Morgan fingerprint density at radius 3 is 1.25 bits per heavy atom. The Balaban J connectivity index is 0.00000574. The second-order valence-electron chi connectivity index (χ2n) is 17.8. The second-order valence-corrected chi connectivity index (χ2v) is 17.8. The quantitative estimate of drug-likeness (QED) is 0.121. The minimum absolute atomic E-state index is 0. The third kappa shape index (κ3) is 9.56. The van der Waals surface area contributed by atoms with E-state index in [1.165, 1.54) is 11.1 Å². The number of rotatable bonds is 11. The Morgan fingerprint density at radius 2 is 0.726 bits per heavy atom. The van der Waals surface area contributed by atoms with Gasteiger partial charge in [0.2, 0.25) is 0 Å². The molecule has 0 radical (unpaired) electrons. The average Bonchev–Trinajstić information content (AvgIpc) is 3.86. The Labute approximate surface area is 440 Å². The minimum atomic E-state index is 0. The smallest absolute Gasteiger partial charge is 0.367 e. The summed E-state index contributed by atoms with van der Waals surface area (Å²) in [5.74, 6) is 0.863. The monoisotopic (exact) mass is 1110 g/mol. The third-order valence-corrected chi connectivity index (χ3v) is 13.4. The predicted octanol–water partition coefficient (Wildman–Crippen LogP) is 16.9. The molecule has 346 valence electrons. The van der Waals surface area contributed by atoms with E-state index in [-0.39, 0.29) is 20.1 Å². The van der Waals surface area contributed by atoms with Crippen LogP contribution in [0.2, 0.25) is 0 Å². The van der Waals surface area contributed by atoms with Crippen molar-refractivity contribution in [3.8, 4) is 123 Å². The van der Waals surface area contributed by atoms with Crippen LogP contribution in [0.15, 0.2) is 255 Å². The van der Waals surface area contributed by atoms with Crippen LogP contribution in [0.4, 0.5) is 0 Å². The van der Waals surface area contributed by atoms with E-state index in [2.05, 4.69) is 212 Å². The number of hydrogen-bond acceptors (Lipinski definition) is 3. The maximum atomic E-state index is 5.08. The molecule has 0 aliphatic carbocycles. The van der Waals surface area contributed by atoms with Crippen molar-refractivity contribution in [3.63, 3.8) is 0 Å². The van der Waals surface area contributed by atoms with Crippen molar-refractivity contribution >= 4 is 0 Å². The van der Waals surface area contributed by atoms with Crippen LogP contribution < -0.4 is 0 Å². The van der Waals surface area contributed by atoms with Crippen molar-refractivity contribution < 1.29 is 20.1 Å². The van der Waals surface area contributed by atoms with Crippen molar-refractivity contribution in [2.45, 2.75) is 0 Å². The average molecular weight is 1110 g/mol. The Hall–Kier alpha value is -8.86. The molecule has 0 aliphatic rings. The van der Waals surface area contributed by atoms with E-state index >= 15 is 0 Å². The zero-order chi connectivity index (χ0) is 48.2. The standard InChI is InChI=1S/C68H45N4.Ir/c1-72-67(46-71-68(72)51-22-9-4-10-23-51)64-31-16-15-30-63(64)58-42-56(61-28-13-11-26-59(61)54-36-38-65(69-44-54)50-20-7-3-8-21-50)41-57(43-58)62-29-14-12-27-60(62)55-37-39-66(70-45-55)53-25-17-24-52(40-53)49-34-32-48(33-35-49)47-18-5-2-6-19-47;/h2-20,22,24,26-46H,1H3;/q-3;+3. The first-order valence-electron chi connectivity index (χ1n) is 24.1. The molecule has 0 fully saturated rings.